The van der Waals surface area contributed by atoms with Crippen molar-refractivity contribution in [1.82, 2.24) is 5.32 Å². The van der Waals surface area contributed by atoms with Crippen molar-refractivity contribution in [2.24, 2.45) is 0 Å². The molecule has 192 valence electrons. The number of ether oxygens (including phenoxy) is 1. The van der Waals surface area contributed by atoms with Gasteiger partial charge in [-0.05, 0) is 76.8 Å². The molecular weight excluding hydrogens is 477 g/mol. The van der Waals surface area contributed by atoms with E-state index in [0.717, 1.165) is 22.3 Å². The number of thioether (sulfide) groups is 1. The van der Waals surface area contributed by atoms with E-state index < -0.39 is 12.0 Å². The molecule has 3 aromatic rings. The summed E-state index contributed by atoms with van der Waals surface area (Å²) in [6.07, 6.45) is 2.28. The standard InChI is InChI=1S/C30H35NO4S.Li.H/c1-20(2)24-11-8-6-10-23(24)19-35-18-22-13-14-26(27(17-22)25-12-7-5-9-21(25)3)29(32)31-28(30(33)34)15-16-36-4;;/h5-14,17,20,28H,15-16,18-19H2,1-4H3,(H,31,32)(H,33,34);;. The fraction of sp³-hybridized carbons (Fsp3) is 0.333. The van der Waals surface area contributed by atoms with E-state index in [2.05, 4.69) is 31.3 Å². The fourth-order valence-corrected chi connectivity index (χ4v) is 4.69. The van der Waals surface area contributed by atoms with Gasteiger partial charge in [0, 0.05) is 5.56 Å². The van der Waals surface area contributed by atoms with Gasteiger partial charge in [0.2, 0.25) is 0 Å². The average molecular weight is 514 g/mol. The molecule has 3 rings (SSSR count). The third kappa shape index (κ3) is 8.51. The zero-order chi connectivity index (χ0) is 26.1. The van der Waals surface area contributed by atoms with Crippen LogP contribution >= 0.6 is 11.8 Å². The van der Waals surface area contributed by atoms with Gasteiger partial charge < -0.3 is 15.2 Å². The number of hydrogen-bond donors (Lipinski definition) is 2. The van der Waals surface area contributed by atoms with E-state index in [-0.39, 0.29) is 24.8 Å². The van der Waals surface area contributed by atoms with E-state index in [9.17, 15) is 14.7 Å². The maximum atomic E-state index is 13.2. The predicted octanol–water partition coefficient (Wildman–Crippen LogP) is 5.79. The summed E-state index contributed by atoms with van der Waals surface area (Å²) in [6, 6.07) is 20.9. The van der Waals surface area contributed by atoms with Gasteiger partial charge >= 0.3 is 24.8 Å². The van der Waals surface area contributed by atoms with Crippen molar-refractivity contribution in [1.29, 1.82) is 0 Å². The Balaban J connectivity index is 0.00000481. The number of aryl methyl sites for hydroxylation is 1. The number of benzene rings is 3. The minimum atomic E-state index is -1.03. The molecule has 0 aliphatic heterocycles. The summed E-state index contributed by atoms with van der Waals surface area (Å²) >= 11 is 1.55. The van der Waals surface area contributed by atoms with E-state index in [1.165, 1.54) is 11.1 Å². The Bertz CT molecular complexity index is 1200. The van der Waals surface area contributed by atoms with Crippen LogP contribution in [0, 0.1) is 6.92 Å². The first-order valence-corrected chi connectivity index (χ1v) is 13.6. The van der Waals surface area contributed by atoms with Crippen LogP contribution in [-0.2, 0) is 22.7 Å². The van der Waals surface area contributed by atoms with Gasteiger partial charge in [0.05, 0.1) is 13.2 Å². The predicted molar refractivity (Wildman–Crippen MR) is 155 cm³/mol. The summed E-state index contributed by atoms with van der Waals surface area (Å²) in [5.41, 5.74) is 6.59. The monoisotopic (exact) mass is 513 g/mol. The molecule has 0 saturated heterocycles. The summed E-state index contributed by atoms with van der Waals surface area (Å²) in [5.74, 6) is -0.347. The van der Waals surface area contributed by atoms with Crippen LogP contribution in [0.3, 0.4) is 0 Å². The van der Waals surface area contributed by atoms with Crippen LogP contribution in [0.5, 0.6) is 0 Å². The van der Waals surface area contributed by atoms with E-state index in [0.29, 0.717) is 36.9 Å². The third-order valence-electron chi connectivity index (χ3n) is 6.18. The minimum absolute atomic E-state index is 0. The summed E-state index contributed by atoms with van der Waals surface area (Å²) in [5, 5.41) is 12.3. The molecule has 1 atom stereocenters. The molecule has 0 spiro atoms. The van der Waals surface area contributed by atoms with Gasteiger partial charge in [0.25, 0.3) is 5.91 Å². The Kier molecular flexibility index (Phi) is 12.5. The maximum absolute atomic E-state index is 13.2. The number of carbonyl (C=O) groups excluding carboxylic acids is 1. The van der Waals surface area contributed by atoms with E-state index in [1.807, 2.05) is 61.7 Å². The molecular formula is C30H36LiNO4S. The molecule has 0 saturated carbocycles. The molecule has 1 amide bonds. The molecule has 5 nitrogen and oxygen atoms in total. The molecule has 0 aliphatic carbocycles. The first-order chi connectivity index (χ1) is 17.3. The molecule has 0 bridgehead atoms. The fourth-order valence-electron chi connectivity index (χ4n) is 4.21. The number of hydrogen-bond acceptors (Lipinski definition) is 4. The zero-order valence-corrected chi connectivity index (χ0v) is 22.2. The van der Waals surface area contributed by atoms with Gasteiger partial charge in [0.1, 0.15) is 6.04 Å². The van der Waals surface area contributed by atoms with Crippen LogP contribution in [0.25, 0.3) is 11.1 Å². The second kappa shape index (κ2) is 15.0. The number of amides is 1. The second-order valence-corrected chi connectivity index (χ2v) is 10.2. The Hall–Kier alpha value is -2.49. The van der Waals surface area contributed by atoms with Crippen LogP contribution in [0.4, 0.5) is 0 Å². The van der Waals surface area contributed by atoms with Crippen molar-refractivity contribution in [2.45, 2.75) is 52.4 Å². The molecule has 1 unspecified atom stereocenters. The van der Waals surface area contributed by atoms with Gasteiger partial charge in [0.15, 0.2) is 0 Å². The summed E-state index contributed by atoms with van der Waals surface area (Å²) in [7, 11) is 0. The van der Waals surface area contributed by atoms with Crippen LogP contribution in [0.2, 0.25) is 0 Å². The molecule has 0 radical (unpaired) electrons. The summed E-state index contributed by atoms with van der Waals surface area (Å²) < 4.78 is 6.08. The summed E-state index contributed by atoms with van der Waals surface area (Å²) in [6.45, 7) is 7.26. The van der Waals surface area contributed by atoms with Crippen molar-refractivity contribution in [3.8, 4) is 11.1 Å². The normalized spacial score (nSPS) is 11.6. The van der Waals surface area contributed by atoms with Crippen LogP contribution < -0.4 is 5.32 Å². The van der Waals surface area contributed by atoms with Crippen molar-refractivity contribution in [2.75, 3.05) is 12.0 Å². The number of carbonyl (C=O) groups is 2. The van der Waals surface area contributed by atoms with E-state index in [4.69, 9.17) is 4.74 Å². The number of carboxylic acid groups (broad SMARTS) is 1. The topological polar surface area (TPSA) is 75.6 Å². The Morgan fingerprint density at radius 1 is 0.973 bits per heavy atom. The molecule has 3 aromatic carbocycles. The second-order valence-electron chi connectivity index (χ2n) is 9.19. The van der Waals surface area contributed by atoms with Crippen molar-refractivity contribution < 1.29 is 19.4 Å². The van der Waals surface area contributed by atoms with Crippen molar-refractivity contribution in [3.63, 3.8) is 0 Å². The first kappa shape index (κ1) is 30.7. The number of rotatable bonds is 12. The van der Waals surface area contributed by atoms with Crippen LogP contribution in [0.1, 0.15) is 58.8 Å². The number of carboxylic acids is 1. The molecule has 0 fully saturated rings. The molecule has 2 N–H and O–H groups in total. The molecule has 0 aromatic heterocycles. The van der Waals surface area contributed by atoms with Gasteiger partial charge in [-0.3, -0.25) is 4.79 Å². The van der Waals surface area contributed by atoms with Gasteiger partial charge in [-0.2, -0.15) is 11.8 Å². The van der Waals surface area contributed by atoms with Gasteiger partial charge in [-0.1, -0.05) is 68.4 Å². The van der Waals surface area contributed by atoms with Gasteiger partial charge in [-0.25, -0.2) is 4.79 Å². The van der Waals surface area contributed by atoms with Crippen LogP contribution in [-0.4, -0.2) is 53.9 Å². The van der Waals surface area contributed by atoms with Gasteiger partial charge in [-0.15, -0.1) is 0 Å². The molecule has 0 heterocycles. The van der Waals surface area contributed by atoms with Crippen molar-refractivity contribution in [3.05, 3.63) is 94.5 Å². The third-order valence-corrected chi connectivity index (χ3v) is 6.83. The number of aliphatic carboxylic acids is 1. The van der Waals surface area contributed by atoms with Crippen molar-refractivity contribution >= 4 is 42.5 Å². The number of nitrogens with one attached hydrogen (secondary N) is 1. The van der Waals surface area contributed by atoms with Crippen LogP contribution in [0.15, 0.2) is 66.7 Å². The Morgan fingerprint density at radius 3 is 2.35 bits per heavy atom. The van der Waals surface area contributed by atoms with E-state index >= 15 is 0 Å². The van der Waals surface area contributed by atoms with E-state index in [1.54, 1.807) is 17.8 Å². The quantitative estimate of drug-likeness (QED) is 0.300. The average Bonchev–Trinajstić information content (AvgIpc) is 2.86. The molecule has 7 heteroatoms. The molecule has 37 heavy (non-hydrogen) atoms. The first-order valence-electron chi connectivity index (χ1n) is 12.2. The zero-order valence-electron chi connectivity index (χ0n) is 21.4. The Labute approximate surface area is 236 Å². The summed E-state index contributed by atoms with van der Waals surface area (Å²) in [4.78, 5) is 24.9. The Morgan fingerprint density at radius 2 is 1.68 bits per heavy atom. The SMILES string of the molecule is CSCCC(NC(=O)c1ccc(COCc2ccccc2C(C)C)cc1-c1ccccc1C)C(=O)O.[LiH]. The molecule has 0 aliphatic rings.